The summed E-state index contributed by atoms with van der Waals surface area (Å²) in [7, 11) is 0. The molecular formula is C18H19Cl2NO3. The zero-order valence-corrected chi connectivity index (χ0v) is 14.7. The van der Waals surface area contributed by atoms with Crippen LogP contribution in [0.1, 0.15) is 12.5 Å². The Hall–Kier alpha value is -1.75. The number of ether oxygens (including phenoxy) is 1. The third kappa shape index (κ3) is 6.04. The van der Waals surface area contributed by atoms with Crippen LogP contribution >= 0.6 is 23.2 Å². The first-order chi connectivity index (χ1) is 11.4. The van der Waals surface area contributed by atoms with E-state index in [1.54, 1.807) is 25.1 Å². The third-order valence-electron chi connectivity index (χ3n) is 3.46. The van der Waals surface area contributed by atoms with Crippen molar-refractivity contribution in [3.63, 3.8) is 0 Å². The van der Waals surface area contributed by atoms with Crippen molar-refractivity contribution in [1.29, 1.82) is 0 Å². The van der Waals surface area contributed by atoms with E-state index in [-0.39, 0.29) is 12.5 Å². The highest BCUT2D eigenvalue weighted by Crippen LogP contribution is 2.24. The fraction of sp³-hybridized carbons (Fsp3) is 0.278. The van der Waals surface area contributed by atoms with E-state index in [2.05, 4.69) is 5.32 Å². The van der Waals surface area contributed by atoms with Gasteiger partial charge in [-0.1, -0.05) is 53.5 Å². The van der Waals surface area contributed by atoms with Crippen molar-refractivity contribution >= 4 is 29.1 Å². The van der Waals surface area contributed by atoms with E-state index >= 15 is 0 Å². The van der Waals surface area contributed by atoms with Crippen LogP contribution in [-0.2, 0) is 11.2 Å². The Bertz CT molecular complexity index is 659. The molecule has 128 valence electrons. The van der Waals surface area contributed by atoms with Gasteiger partial charge in [-0.15, -0.1) is 0 Å². The Morgan fingerprint density at radius 3 is 2.42 bits per heavy atom. The van der Waals surface area contributed by atoms with Crippen LogP contribution in [0.15, 0.2) is 48.5 Å². The van der Waals surface area contributed by atoms with Crippen LogP contribution in [0.25, 0.3) is 0 Å². The number of hydrogen-bond acceptors (Lipinski definition) is 3. The van der Waals surface area contributed by atoms with Crippen molar-refractivity contribution in [2.45, 2.75) is 25.5 Å². The topological polar surface area (TPSA) is 58.6 Å². The molecular weight excluding hydrogens is 349 g/mol. The summed E-state index contributed by atoms with van der Waals surface area (Å²) in [5.74, 6) is 0.0887. The van der Waals surface area contributed by atoms with E-state index in [1.165, 1.54) is 0 Å². The first kappa shape index (κ1) is 18.6. The summed E-state index contributed by atoms with van der Waals surface area (Å²) >= 11 is 11.7. The highest BCUT2D eigenvalue weighted by molar-refractivity contribution is 6.34. The van der Waals surface area contributed by atoms with Crippen LogP contribution in [0.5, 0.6) is 5.75 Å². The second kappa shape index (κ2) is 8.92. The standard InChI is InChI=1S/C18H19Cl2NO3/c1-12(17(22)7-13-5-3-2-4-6-13)21-18(23)11-24-16-9-14(19)8-15(20)10-16/h2-6,8-10,12,17,22H,7,11H2,1H3,(H,21,23). The van der Waals surface area contributed by atoms with Gasteiger partial charge in [-0.05, 0) is 30.7 Å². The molecule has 0 saturated heterocycles. The van der Waals surface area contributed by atoms with Crippen LogP contribution in [0.4, 0.5) is 0 Å². The number of aliphatic hydroxyl groups excluding tert-OH is 1. The number of rotatable bonds is 7. The summed E-state index contributed by atoms with van der Waals surface area (Å²) in [5, 5.41) is 13.8. The Labute approximate surface area is 151 Å². The molecule has 2 aromatic carbocycles. The van der Waals surface area contributed by atoms with Crippen molar-refractivity contribution < 1.29 is 14.6 Å². The van der Waals surface area contributed by atoms with E-state index in [9.17, 15) is 9.90 Å². The van der Waals surface area contributed by atoms with Gasteiger partial charge in [-0.25, -0.2) is 0 Å². The van der Waals surface area contributed by atoms with Gasteiger partial charge in [-0.2, -0.15) is 0 Å². The van der Waals surface area contributed by atoms with Crippen LogP contribution < -0.4 is 10.1 Å². The van der Waals surface area contributed by atoms with Gasteiger partial charge >= 0.3 is 0 Å². The number of nitrogens with one attached hydrogen (secondary N) is 1. The van der Waals surface area contributed by atoms with Crippen LogP contribution in [0, 0.1) is 0 Å². The number of halogens is 2. The number of amides is 1. The number of aliphatic hydroxyl groups is 1. The molecule has 2 atom stereocenters. The molecule has 0 saturated carbocycles. The van der Waals surface area contributed by atoms with Gasteiger partial charge in [0.25, 0.3) is 5.91 Å². The van der Waals surface area contributed by atoms with Crippen molar-refractivity contribution in [3.05, 3.63) is 64.1 Å². The lowest BCUT2D eigenvalue weighted by Crippen LogP contribution is -2.44. The normalized spacial score (nSPS) is 13.2. The highest BCUT2D eigenvalue weighted by Gasteiger charge is 2.17. The zero-order chi connectivity index (χ0) is 17.5. The van der Waals surface area contributed by atoms with Gasteiger partial charge in [0.1, 0.15) is 5.75 Å². The maximum Gasteiger partial charge on any atom is 0.258 e. The minimum Gasteiger partial charge on any atom is -0.484 e. The molecule has 0 heterocycles. The molecule has 2 unspecified atom stereocenters. The molecule has 0 spiro atoms. The number of carbonyl (C=O) groups excluding carboxylic acids is 1. The Morgan fingerprint density at radius 1 is 1.17 bits per heavy atom. The molecule has 4 nitrogen and oxygen atoms in total. The molecule has 1 amide bonds. The minimum absolute atomic E-state index is 0.181. The minimum atomic E-state index is -0.683. The fourth-order valence-electron chi connectivity index (χ4n) is 2.18. The van der Waals surface area contributed by atoms with Crippen LogP contribution in [-0.4, -0.2) is 29.8 Å². The maximum absolute atomic E-state index is 11.9. The van der Waals surface area contributed by atoms with Gasteiger partial charge in [0.15, 0.2) is 6.61 Å². The molecule has 0 aromatic heterocycles. The van der Waals surface area contributed by atoms with Gasteiger partial charge in [0.05, 0.1) is 12.1 Å². The number of benzene rings is 2. The van der Waals surface area contributed by atoms with Gasteiger partial charge < -0.3 is 15.2 Å². The van der Waals surface area contributed by atoms with E-state index in [0.29, 0.717) is 22.2 Å². The Kier molecular flexibility index (Phi) is 6.91. The second-order valence-corrected chi connectivity index (χ2v) is 6.38. The summed E-state index contributed by atoms with van der Waals surface area (Å²) in [6.45, 7) is 1.57. The monoisotopic (exact) mass is 367 g/mol. The quantitative estimate of drug-likeness (QED) is 0.787. The zero-order valence-electron chi connectivity index (χ0n) is 13.2. The fourth-order valence-corrected chi connectivity index (χ4v) is 2.69. The Morgan fingerprint density at radius 2 is 1.79 bits per heavy atom. The average Bonchev–Trinajstić information content (AvgIpc) is 2.53. The van der Waals surface area contributed by atoms with Crippen LogP contribution in [0.3, 0.4) is 0 Å². The second-order valence-electron chi connectivity index (χ2n) is 5.51. The molecule has 0 aliphatic rings. The van der Waals surface area contributed by atoms with E-state index < -0.39 is 12.1 Å². The molecule has 0 radical (unpaired) electrons. The molecule has 2 N–H and O–H groups in total. The molecule has 2 aromatic rings. The lowest BCUT2D eigenvalue weighted by atomic mass is 10.0. The first-order valence-electron chi connectivity index (χ1n) is 7.54. The van der Waals surface area contributed by atoms with Crippen molar-refractivity contribution in [1.82, 2.24) is 5.32 Å². The molecule has 0 bridgehead atoms. The summed E-state index contributed by atoms with van der Waals surface area (Å²) in [5.41, 5.74) is 1.01. The van der Waals surface area contributed by atoms with Crippen molar-refractivity contribution in [3.8, 4) is 5.75 Å². The molecule has 24 heavy (non-hydrogen) atoms. The van der Waals surface area contributed by atoms with Crippen molar-refractivity contribution in [2.75, 3.05) is 6.61 Å². The van der Waals surface area contributed by atoms with Gasteiger partial charge in [0.2, 0.25) is 0 Å². The molecule has 6 heteroatoms. The number of carbonyl (C=O) groups is 1. The highest BCUT2D eigenvalue weighted by atomic mass is 35.5. The summed E-state index contributed by atoms with van der Waals surface area (Å²) in [6.07, 6.45) is -0.218. The molecule has 0 aliphatic carbocycles. The molecule has 2 rings (SSSR count). The Balaban J connectivity index is 1.80. The summed E-state index contributed by atoms with van der Waals surface area (Å²) in [4.78, 5) is 11.9. The van der Waals surface area contributed by atoms with Gasteiger partial charge in [-0.3, -0.25) is 4.79 Å². The maximum atomic E-state index is 11.9. The van der Waals surface area contributed by atoms with E-state index in [4.69, 9.17) is 27.9 Å². The lowest BCUT2D eigenvalue weighted by Gasteiger charge is -2.20. The average molecular weight is 368 g/mol. The first-order valence-corrected chi connectivity index (χ1v) is 8.30. The van der Waals surface area contributed by atoms with E-state index in [1.807, 2.05) is 30.3 Å². The molecule has 0 aliphatic heterocycles. The smallest absolute Gasteiger partial charge is 0.258 e. The predicted octanol–water partition coefficient (Wildman–Crippen LogP) is 3.48. The summed E-state index contributed by atoms with van der Waals surface area (Å²) in [6, 6.07) is 13.9. The van der Waals surface area contributed by atoms with Crippen molar-refractivity contribution in [2.24, 2.45) is 0 Å². The number of hydrogen-bond donors (Lipinski definition) is 2. The third-order valence-corrected chi connectivity index (χ3v) is 3.90. The van der Waals surface area contributed by atoms with E-state index in [0.717, 1.165) is 5.56 Å². The SMILES string of the molecule is CC(NC(=O)COc1cc(Cl)cc(Cl)c1)C(O)Cc1ccccc1. The lowest BCUT2D eigenvalue weighted by molar-refractivity contribution is -0.124. The summed E-state index contributed by atoms with van der Waals surface area (Å²) < 4.78 is 5.37. The predicted molar refractivity (Wildman–Crippen MR) is 95.7 cm³/mol. The van der Waals surface area contributed by atoms with Gasteiger partial charge in [0, 0.05) is 16.5 Å². The largest absolute Gasteiger partial charge is 0.484 e. The molecule has 0 fully saturated rings. The van der Waals surface area contributed by atoms with Crippen LogP contribution in [0.2, 0.25) is 10.0 Å².